The maximum atomic E-state index is 5.10. The summed E-state index contributed by atoms with van der Waals surface area (Å²) in [6.07, 6.45) is 4.37. The third-order valence-corrected chi connectivity index (χ3v) is 4.92. The van der Waals surface area contributed by atoms with Gasteiger partial charge in [-0.25, -0.2) is 4.98 Å². The second-order valence-corrected chi connectivity index (χ2v) is 6.69. The Hall–Kier alpha value is -2.60. The molecule has 1 saturated heterocycles. The normalized spacial score (nSPS) is 16.1. The highest BCUT2D eigenvalue weighted by molar-refractivity contribution is 5.79. The van der Waals surface area contributed by atoms with Crippen LogP contribution in [0.25, 0.3) is 0 Å². The van der Waals surface area contributed by atoms with Crippen LogP contribution in [0.4, 0.5) is 0 Å². The van der Waals surface area contributed by atoms with Gasteiger partial charge in [-0.2, -0.15) is 0 Å². The molecule has 0 spiro atoms. The van der Waals surface area contributed by atoms with Gasteiger partial charge in [-0.15, -0.1) is 0 Å². The Morgan fingerprint density at radius 1 is 1.15 bits per heavy atom. The van der Waals surface area contributed by atoms with Crippen molar-refractivity contribution in [3.05, 3.63) is 59.8 Å². The topological polar surface area (TPSA) is 61.8 Å². The number of nitrogens with zero attached hydrogens (tertiary/aromatic N) is 3. The number of benzene rings is 1. The minimum atomic E-state index is 0.356. The smallest absolute Gasteiger partial charge is 0.212 e. The first-order valence-electron chi connectivity index (χ1n) is 9.52. The fourth-order valence-electron chi connectivity index (χ4n) is 3.42. The number of ether oxygens (including phenoxy) is 1. The molecule has 6 nitrogen and oxygen atoms in total. The monoisotopic (exact) mass is 367 g/mol. The maximum Gasteiger partial charge on any atom is 0.212 e. The second kappa shape index (κ2) is 9.92. The molecule has 1 aromatic carbocycles. The van der Waals surface area contributed by atoms with Crippen LogP contribution in [-0.2, 0) is 6.54 Å². The molecule has 1 fully saturated rings. The van der Waals surface area contributed by atoms with Crippen LogP contribution in [0.2, 0.25) is 0 Å². The SMILES string of the molecule is CN=C(NCc1ccc(OC)nc1)NCC(c1ccccc1)N1CCCC1. The van der Waals surface area contributed by atoms with Crippen LogP contribution < -0.4 is 15.4 Å². The maximum absolute atomic E-state index is 5.10. The zero-order chi connectivity index (χ0) is 18.9. The molecule has 1 atom stereocenters. The molecule has 0 saturated carbocycles. The molecule has 1 unspecified atom stereocenters. The second-order valence-electron chi connectivity index (χ2n) is 6.69. The fourth-order valence-corrected chi connectivity index (χ4v) is 3.42. The fraction of sp³-hybridized carbons (Fsp3) is 0.429. The van der Waals surface area contributed by atoms with Crippen molar-refractivity contribution < 1.29 is 4.74 Å². The first-order valence-corrected chi connectivity index (χ1v) is 9.52. The van der Waals surface area contributed by atoms with Gasteiger partial charge < -0.3 is 15.4 Å². The van der Waals surface area contributed by atoms with Gasteiger partial charge in [0.25, 0.3) is 0 Å². The van der Waals surface area contributed by atoms with Crippen molar-refractivity contribution in [3.63, 3.8) is 0 Å². The molecule has 0 aliphatic carbocycles. The zero-order valence-electron chi connectivity index (χ0n) is 16.2. The van der Waals surface area contributed by atoms with Gasteiger partial charge in [-0.05, 0) is 37.1 Å². The van der Waals surface area contributed by atoms with Gasteiger partial charge >= 0.3 is 0 Å². The van der Waals surface area contributed by atoms with E-state index in [1.54, 1.807) is 14.2 Å². The van der Waals surface area contributed by atoms with Crippen molar-refractivity contribution in [2.75, 3.05) is 33.8 Å². The predicted octanol–water partition coefficient (Wildman–Crippen LogP) is 2.59. The number of pyridine rings is 1. The highest BCUT2D eigenvalue weighted by Crippen LogP contribution is 2.24. The number of methoxy groups -OCH3 is 1. The number of guanidine groups is 1. The molecule has 2 aromatic rings. The van der Waals surface area contributed by atoms with Crippen LogP contribution in [-0.4, -0.2) is 49.6 Å². The summed E-state index contributed by atoms with van der Waals surface area (Å²) in [5, 5.41) is 6.85. The molecule has 0 amide bonds. The van der Waals surface area contributed by atoms with Crippen LogP contribution in [0.5, 0.6) is 5.88 Å². The Kier molecular flexibility index (Phi) is 7.04. The molecule has 2 heterocycles. The summed E-state index contributed by atoms with van der Waals surface area (Å²) in [6, 6.07) is 14.9. The molecule has 27 heavy (non-hydrogen) atoms. The Bertz CT molecular complexity index is 711. The predicted molar refractivity (Wildman–Crippen MR) is 109 cm³/mol. The molecule has 3 rings (SSSR count). The zero-order valence-corrected chi connectivity index (χ0v) is 16.2. The first-order chi connectivity index (χ1) is 13.3. The molecule has 1 aliphatic rings. The van der Waals surface area contributed by atoms with E-state index in [-0.39, 0.29) is 0 Å². The highest BCUT2D eigenvalue weighted by Gasteiger charge is 2.23. The summed E-state index contributed by atoms with van der Waals surface area (Å²) in [5.74, 6) is 1.42. The van der Waals surface area contributed by atoms with Gasteiger partial charge in [0.1, 0.15) is 0 Å². The van der Waals surface area contributed by atoms with E-state index >= 15 is 0 Å². The van der Waals surface area contributed by atoms with E-state index in [1.165, 1.54) is 18.4 Å². The van der Waals surface area contributed by atoms with Gasteiger partial charge in [0, 0.05) is 32.4 Å². The number of rotatable bonds is 7. The lowest BCUT2D eigenvalue weighted by Crippen LogP contribution is -2.42. The Labute approximate surface area is 161 Å². The van der Waals surface area contributed by atoms with E-state index in [1.807, 2.05) is 18.3 Å². The summed E-state index contributed by atoms with van der Waals surface area (Å²) < 4.78 is 5.10. The van der Waals surface area contributed by atoms with E-state index in [0.29, 0.717) is 18.5 Å². The highest BCUT2D eigenvalue weighted by atomic mass is 16.5. The van der Waals surface area contributed by atoms with E-state index in [2.05, 4.69) is 55.8 Å². The molecule has 1 aromatic heterocycles. The van der Waals surface area contributed by atoms with E-state index in [4.69, 9.17) is 4.74 Å². The number of nitrogens with one attached hydrogen (secondary N) is 2. The third kappa shape index (κ3) is 5.44. The molecule has 0 radical (unpaired) electrons. The quantitative estimate of drug-likeness (QED) is 0.582. The number of likely N-dealkylation sites (tertiary alicyclic amines) is 1. The number of hydrogen-bond acceptors (Lipinski definition) is 4. The van der Waals surface area contributed by atoms with Crippen molar-refractivity contribution in [3.8, 4) is 5.88 Å². The van der Waals surface area contributed by atoms with E-state index in [9.17, 15) is 0 Å². The molecule has 0 bridgehead atoms. The first kappa shape index (κ1) is 19.2. The molecule has 1 aliphatic heterocycles. The van der Waals surface area contributed by atoms with Crippen molar-refractivity contribution in [1.82, 2.24) is 20.5 Å². The van der Waals surface area contributed by atoms with Crippen molar-refractivity contribution >= 4 is 5.96 Å². The minimum absolute atomic E-state index is 0.356. The van der Waals surface area contributed by atoms with E-state index in [0.717, 1.165) is 31.2 Å². The standard InChI is InChI=1S/C21H29N5O/c1-22-21(24-15-17-10-11-20(27-2)23-14-17)25-16-19(26-12-6-7-13-26)18-8-4-3-5-9-18/h3-5,8-11,14,19H,6-7,12-13,15-16H2,1-2H3,(H2,22,24,25). The van der Waals surface area contributed by atoms with Gasteiger partial charge in [0.2, 0.25) is 5.88 Å². The molecule has 144 valence electrons. The summed E-state index contributed by atoms with van der Waals surface area (Å²) >= 11 is 0. The lowest BCUT2D eigenvalue weighted by atomic mass is 10.1. The number of aliphatic imine (C=N–C) groups is 1. The van der Waals surface area contributed by atoms with Crippen LogP contribution in [0.3, 0.4) is 0 Å². The van der Waals surface area contributed by atoms with E-state index < -0.39 is 0 Å². The summed E-state index contributed by atoms with van der Waals surface area (Å²) in [7, 11) is 3.42. The lowest BCUT2D eigenvalue weighted by Gasteiger charge is -2.29. The van der Waals surface area contributed by atoms with Gasteiger partial charge in [0.05, 0.1) is 13.2 Å². The number of hydrogen-bond donors (Lipinski definition) is 2. The van der Waals surface area contributed by atoms with Crippen LogP contribution in [0.1, 0.15) is 30.0 Å². The van der Waals surface area contributed by atoms with Crippen LogP contribution in [0.15, 0.2) is 53.7 Å². The summed E-state index contributed by atoms with van der Waals surface area (Å²) in [4.78, 5) is 11.2. The van der Waals surface area contributed by atoms with Crippen LogP contribution in [0, 0.1) is 0 Å². The van der Waals surface area contributed by atoms with Crippen molar-refractivity contribution in [2.45, 2.75) is 25.4 Å². The Morgan fingerprint density at radius 3 is 2.56 bits per heavy atom. The van der Waals surface area contributed by atoms with Gasteiger partial charge in [0.15, 0.2) is 5.96 Å². The van der Waals surface area contributed by atoms with Crippen molar-refractivity contribution in [2.24, 2.45) is 4.99 Å². The average Bonchev–Trinajstić information content (AvgIpc) is 3.26. The molecule has 6 heteroatoms. The van der Waals surface area contributed by atoms with Gasteiger partial charge in [-0.3, -0.25) is 9.89 Å². The molecular formula is C21H29N5O. The summed E-state index contributed by atoms with van der Waals surface area (Å²) in [6.45, 7) is 3.80. The lowest BCUT2D eigenvalue weighted by molar-refractivity contribution is 0.245. The third-order valence-electron chi connectivity index (χ3n) is 4.92. The number of aromatic nitrogens is 1. The Balaban J connectivity index is 1.57. The minimum Gasteiger partial charge on any atom is -0.481 e. The largest absolute Gasteiger partial charge is 0.481 e. The average molecular weight is 367 g/mol. The van der Waals surface area contributed by atoms with Crippen LogP contribution >= 0.6 is 0 Å². The summed E-state index contributed by atoms with van der Waals surface area (Å²) in [5.41, 5.74) is 2.43. The molecule has 2 N–H and O–H groups in total. The Morgan fingerprint density at radius 2 is 1.93 bits per heavy atom. The van der Waals surface area contributed by atoms with Crippen molar-refractivity contribution in [1.29, 1.82) is 0 Å². The van der Waals surface area contributed by atoms with Gasteiger partial charge in [-0.1, -0.05) is 36.4 Å². The molecular weight excluding hydrogens is 338 g/mol.